The van der Waals surface area contributed by atoms with Gasteiger partial charge in [-0.3, -0.25) is 24.0 Å². The highest BCUT2D eigenvalue weighted by molar-refractivity contribution is 6.39. The van der Waals surface area contributed by atoms with Crippen molar-refractivity contribution in [2.75, 3.05) is 6.54 Å². The predicted octanol–water partition coefficient (Wildman–Crippen LogP) is -0.894. The van der Waals surface area contributed by atoms with Gasteiger partial charge in [0.05, 0.1) is 18.6 Å². The van der Waals surface area contributed by atoms with E-state index in [2.05, 4.69) is 16.0 Å². The molecule has 0 bridgehead atoms. The third-order valence-corrected chi connectivity index (χ3v) is 4.01. The molecule has 0 aromatic carbocycles. The summed E-state index contributed by atoms with van der Waals surface area (Å²) in [6, 6.07) is -0.373. The van der Waals surface area contributed by atoms with E-state index >= 15 is 0 Å². The summed E-state index contributed by atoms with van der Waals surface area (Å²) in [6.07, 6.45) is 2.88. The van der Waals surface area contributed by atoms with Crippen molar-refractivity contribution in [3.63, 3.8) is 0 Å². The number of amides is 3. The van der Waals surface area contributed by atoms with Gasteiger partial charge in [0, 0.05) is 13.0 Å². The van der Waals surface area contributed by atoms with Crippen LogP contribution in [0.4, 0.5) is 0 Å². The van der Waals surface area contributed by atoms with E-state index in [4.69, 9.17) is 4.42 Å². The van der Waals surface area contributed by atoms with Gasteiger partial charge in [-0.15, -0.1) is 0 Å². The van der Waals surface area contributed by atoms with E-state index < -0.39 is 41.4 Å². The molecule has 2 heterocycles. The summed E-state index contributed by atoms with van der Waals surface area (Å²) in [6.45, 7) is 3.67. The summed E-state index contributed by atoms with van der Waals surface area (Å²) in [4.78, 5) is 59.7. The second-order valence-corrected chi connectivity index (χ2v) is 6.40. The molecular weight excluding hydrogens is 342 g/mol. The third-order valence-electron chi connectivity index (χ3n) is 4.01. The zero-order valence-corrected chi connectivity index (χ0v) is 14.5. The van der Waals surface area contributed by atoms with Gasteiger partial charge in [0.15, 0.2) is 0 Å². The molecule has 1 aliphatic rings. The zero-order chi connectivity index (χ0) is 19.3. The Labute approximate surface area is 149 Å². The van der Waals surface area contributed by atoms with Crippen LogP contribution >= 0.6 is 0 Å². The second-order valence-electron chi connectivity index (χ2n) is 6.40. The molecule has 1 fully saturated rings. The lowest BCUT2D eigenvalue weighted by Crippen LogP contribution is -2.58. The molecule has 0 aliphatic carbocycles. The van der Waals surface area contributed by atoms with Gasteiger partial charge in [-0.1, -0.05) is 13.8 Å². The molecule has 1 aliphatic heterocycles. The maximum atomic E-state index is 12.4. The third kappa shape index (κ3) is 4.78. The lowest BCUT2D eigenvalue weighted by molar-refractivity contribution is -0.142. The molecule has 9 heteroatoms. The number of hydrogen-bond donors (Lipinski definition) is 3. The molecule has 1 aromatic heterocycles. The van der Waals surface area contributed by atoms with E-state index in [-0.39, 0.29) is 25.3 Å². The Hall–Kier alpha value is -2.97. The average molecular weight is 363 g/mol. The van der Waals surface area contributed by atoms with Crippen molar-refractivity contribution in [1.82, 2.24) is 16.0 Å². The van der Waals surface area contributed by atoms with Gasteiger partial charge in [-0.25, -0.2) is 0 Å². The van der Waals surface area contributed by atoms with E-state index in [0.717, 1.165) is 0 Å². The molecular formula is C17H21N3O6. The van der Waals surface area contributed by atoms with Crippen LogP contribution in [0.25, 0.3) is 0 Å². The van der Waals surface area contributed by atoms with Crippen LogP contribution in [-0.4, -0.2) is 47.9 Å². The van der Waals surface area contributed by atoms with Gasteiger partial charge >= 0.3 is 0 Å². The molecule has 3 N–H and O–H groups in total. The highest BCUT2D eigenvalue weighted by Gasteiger charge is 2.34. The van der Waals surface area contributed by atoms with Gasteiger partial charge in [0.1, 0.15) is 6.04 Å². The maximum absolute atomic E-state index is 12.4. The van der Waals surface area contributed by atoms with Crippen LogP contribution in [0, 0.1) is 5.92 Å². The fraction of sp³-hybridized carbons (Fsp3) is 0.471. The summed E-state index contributed by atoms with van der Waals surface area (Å²) in [5, 5.41) is 7.27. The zero-order valence-electron chi connectivity index (χ0n) is 14.5. The Balaban J connectivity index is 1.97. The molecule has 2 rings (SSSR count). The smallest absolute Gasteiger partial charge is 0.289 e. The Bertz CT molecular complexity index is 710. The number of carbonyl (C=O) groups excluding carboxylic acids is 5. The van der Waals surface area contributed by atoms with E-state index in [1.165, 1.54) is 12.5 Å². The average Bonchev–Trinajstić information content (AvgIpc) is 3.09. The number of ketones is 2. The summed E-state index contributed by atoms with van der Waals surface area (Å²) in [5.41, 5.74) is 0.550. The number of piperidine rings is 1. The topological polar surface area (TPSA) is 135 Å². The fourth-order valence-electron chi connectivity index (χ4n) is 2.52. The van der Waals surface area contributed by atoms with Gasteiger partial charge in [-0.05, 0) is 24.0 Å². The molecule has 2 atom stereocenters. The van der Waals surface area contributed by atoms with E-state index in [0.29, 0.717) is 5.56 Å². The first kappa shape index (κ1) is 19.4. The minimum atomic E-state index is -1.01. The lowest BCUT2D eigenvalue weighted by atomic mass is 10.00. The standard InChI is InChI=1S/C17H21N3O6/c1-9(2)13(16(24)19-11-3-5-18-17(25)14(11)22)20-15(23)12(21)7-10-4-6-26-8-10/h4,6,8-9,11,13H,3,5,7H2,1-2H3,(H,18,25)(H,19,24)(H,20,23). The quantitative estimate of drug-likeness (QED) is 0.538. The number of Topliss-reactive ketones (excluding diaryl/α,β-unsaturated/α-hetero) is 2. The Morgan fingerprint density at radius 3 is 2.65 bits per heavy atom. The van der Waals surface area contributed by atoms with Crippen LogP contribution < -0.4 is 16.0 Å². The Morgan fingerprint density at radius 1 is 1.31 bits per heavy atom. The van der Waals surface area contributed by atoms with Gasteiger partial charge < -0.3 is 20.4 Å². The first-order chi connectivity index (χ1) is 12.3. The van der Waals surface area contributed by atoms with Crippen molar-refractivity contribution < 1.29 is 28.4 Å². The molecule has 9 nitrogen and oxygen atoms in total. The van der Waals surface area contributed by atoms with Crippen molar-refractivity contribution in [2.45, 2.75) is 38.8 Å². The van der Waals surface area contributed by atoms with Crippen molar-refractivity contribution >= 4 is 29.3 Å². The molecule has 3 amide bonds. The highest BCUT2D eigenvalue weighted by atomic mass is 16.3. The fourth-order valence-corrected chi connectivity index (χ4v) is 2.52. The molecule has 0 spiro atoms. The minimum absolute atomic E-state index is 0.143. The molecule has 0 radical (unpaired) electrons. The first-order valence-corrected chi connectivity index (χ1v) is 8.26. The van der Waals surface area contributed by atoms with Gasteiger partial charge in [0.25, 0.3) is 11.8 Å². The molecule has 1 saturated heterocycles. The summed E-state index contributed by atoms with van der Waals surface area (Å²) >= 11 is 0. The number of carbonyl (C=O) groups is 5. The van der Waals surface area contributed by atoms with E-state index in [9.17, 15) is 24.0 Å². The normalized spacial score (nSPS) is 18.2. The van der Waals surface area contributed by atoms with Gasteiger partial charge in [-0.2, -0.15) is 0 Å². The minimum Gasteiger partial charge on any atom is -0.472 e. The van der Waals surface area contributed by atoms with Gasteiger partial charge in [0.2, 0.25) is 17.5 Å². The number of rotatable bonds is 7. The van der Waals surface area contributed by atoms with Crippen LogP contribution in [0.1, 0.15) is 25.8 Å². The van der Waals surface area contributed by atoms with Crippen LogP contribution in [0.2, 0.25) is 0 Å². The lowest BCUT2D eigenvalue weighted by Gasteiger charge is -2.26. The van der Waals surface area contributed by atoms with Crippen LogP contribution in [-0.2, 0) is 30.4 Å². The first-order valence-electron chi connectivity index (χ1n) is 8.26. The van der Waals surface area contributed by atoms with Crippen molar-refractivity contribution in [3.8, 4) is 0 Å². The van der Waals surface area contributed by atoms with E-state index in [1.807, 2.05) is 0 Å². The second kappa shape index (κ2) is 8.41. The van der Waals surface area contributed by atoms with Crippen molar-refractivity contribution in [2.24, 2.45) is 5.92 Å². The molecule has 26 heavy (non-hydrogen) atoms. The predicted molar refractivity (Wildman–Crippen MR) is 88.8 cm³/mol. The maximum Gasteiger partial charge on any atom is 0.289 e. The van der Waals surface area contributed by atoms with Crippen LogP contribution in [0.5, 0.6) is 0 Å². The molecule has 140 valence electrons. The summed E-state index contributed by atoms with van der Waals surface area (Å²) in [7, 11) is 0. The number of hydrogen-bond acceptors (Lipinski definition) is 6. The summed E-state index contributed by atoms with van der Waals surface area (Å²) in [5.74, 6) is -4.02. The number of furan rings is 1. The SMILES string of the molecule is CC(C)C(NC(=O)C(=O)Cc1ccoc1)C(=O)NC1CCNC(=O)C1=O. The molecule has 1 aromatic rings. The highest BCUT2D eigenvalue weighted by Crippen LogP contribution is 2.07. The summed E-state index contributed by atoms with van der Waals surface area (Å²) < 4.78 is 4.84. The largest absolute Gasteiger partial charge is 0.472 e. The Morgan fingerprint density at radius 2 is 2.04 bits per heavy atom. The van der Waals surface area contributed by atoms with Crippen molar-refractivity contribution in [3.05, 3.63) is 24.2 Å². The van der Waals surface area contributed by atoms with Crippen molar-refractivity contribution in [1.29, 1.82) is 0 Å². The number of nitrogens with one attached hydrogen (secondary N) is 3. The molecule has 0 saturated carbocycles. The Kier molecular flexibility index (Phi) is 6.26. The molecule has 2 unspecified atom stereocenters. The van der Waals surface area contributed by atoms with Crippen LogP contribution in [0.3, 0.4) is 0 Å². The monoisotopic (exact) mass is 363 g/mol. The van der Waals surface area contributed by atoms with E-state index in [1.54, 1.807) is 19.9 Å². The van der Waals surface area contributed by atoms with Crippen LogP contribution in [0.15, 0.2) is 23.0 Å².